The second-order valence-electron chi connectivity index (χ2n) is 6.90. The van der Waals surface area contributed by atoms with Crippen LogP contribution >= 0.6 is 0 Å². The Morgan fingerprint density at radius 2 is 2.00 bits per heavy atom. The van der Waals surface area contributed by atoms with Gasteiger partial charge in [-0.05, 0) is 54.6 Å². The molecule has 5 heteroatoms. The Labute approximate surface area is 156 Å². The van der Waals surface area contributed by atoms with Gasteiger partial charge in [0, 0.05) is 41.1 Å². The Balaban J connectivity index is 1.59. The van der Waals surface area contributed by atoms with Crippen molar-refractivity contribution < 1.29 is 4.79 Å². The SMILES string of the molecule is C[C@H]1Cc2ccccc2N1C(=O)Nc1cc2ccncc2c2ncccc12. The second-order valence-corrected chi connectivity index (χ2v) is 6.90. The molecule has 1 aliphatic rings. The van der Waals surface area contributed by atoms with Gasteiger partial charge in [-0.3, -0.25) is 14.9 Å². The number of anilines is 2. The van der Waals surface area contributed by atoms with E-state index in [1.807, 2.05) is 53.6 Å². The van der Waals surface area contributed by atoms with E-state index in [0.29, 0.717) is 0 Å². The van der Waals surface area contributed by atoms with E-state index in [1.54, 1.807) is 12.4 Å². The first-order chi connectivity index (χ1) is 13.2. The number of rotatable bonds is 1. The highest BCUT2D eigenvalue weighted by molar-refractivity contribution is 6.15. The van der Waals surface area contributed by atoms with Crippen LogP contribution in [0, 0.1) is 0 Å². The highest BCUT2D eigenvalue weighted by atomic mass is 16.2. The van der Waals surface area contributed by atoms with Crippen LogP contribution in [-0.4, -0.2) is 22.0 Å². The molecule has 4 aromatic rings. The third-order valence-corrected chi connectivity index (χ3v) is 5.18. The lowest BCUT2D eigenvalue weighted by Gasteiger charge is -2.23. The molecule has 0 aliphatic carbocycles. The van der Waals surface area contributed by atoms with E-state index >= 15 is 0 Å². The number of para-hydroxylation sites is 1. The van der Waals surface area contributed by atoms with Crippen molar-refractivity contribution in [2.75, 3.05) is 10.2 Å². The molecule has 1 N–H and O–H groups in total. The number of benzene rings is 2. The number of hydrogen-bond acceptors (Lipinski definition) is 3. The number of carbonyl (C=O) groups excluding carboxylic acids is 1. The van der Waals surface area contributed by atoms with E-state index in [4.69, 9.17) is 0 Å². The van der Waals surface area contributed by atoms with Gasteiger partial charge >= 0.3 is 6.03 Å². The summed E-state index contributed by atoms with van der Waals surface area (Å²) in [6, 6.07) is 15.9. The smallest absolute Gasteiger partial charge is 0.307 e. The topological polar surface area (TPSA) is 58.1 Å². The van der Waals surface area contributed by atoms with Gasteiger partial charge in [0.25, 0.3) is 0 Å². The molecular formula is C22H18N4O. The van der Waals surface area contributed by atoms with Crippen molar-refractivity contribution in [3.63, 3.8) is 0 Å². The van der Waals surface area contributed by atoms with Gasteiger partial charge in [0.05, 0.1) is 11.2 Å². The van der Waals surface area contributed by atoms with Crippen molar-refractivity contribution >= 4 is 39.1 Å². The molecule has 0 bridgehead atoms. The minimum Gasteiger partial charge on any atom is -0.307 e. The summed E-state index contributed by atoms with van der Waals surface area (Å²) >= 11 is 0. The van der Waals surface area contributed by atoms with E-state index in [0.717, 1.165) is 39.5 Å². The van der Waals surface area contributed by atoms with Gasteiger partial charge in [-0.25, -0.2) is 4.79 Å². The van der Waals surface area contributed by atoms with E-state index < -0.39 is 0 Å². The number of urea groups is 1. The van der Waals surface area contributed by atoms with Crippen LogP contribution in [0.5, 0.6) is 0 Å². The maximum atomic E-state index is 13.1. The number of aromatic nitrogens is 2. The van der Waals surface area contributed by atoms with Gasteiger partial charge in [-0.1, -0.05) is 18.2 Å². The molecule has 0 radical (unpaired) electrons. The van der Waals surface area contributed by atoms with Gasteiger partial charge < -0.3 is 5.32 Å². The Morgan fingerprint density at radius 1 is 1.11 bits per heavy atom. The van der Waals surface area contributed by atoms with Gasteiger partial charge in [-0.2, -0.15) is 0 Å². The number of amides is 2. The summed E-state index contributed by atoms with van der Waals surface area (Å²) in [5.74, 6) is 0. The molecule has 3 heterocycles. The fourth-order valence-corrected chi connectivity index (χ4v) is 3.95. The van der Waals surface area contributed by atoms with E-state index in [1.165, 1.54) is 5.56 Å². The number of fused-ring (bicyclic) bond motifs is 4. The summed E-state index contributed by atoms with van der Waals surface area (Å²) in [5.41, 5.74) is 3.79. The molecule has 2 aromatic heterocycles. The van der Waals surface area contributed by atoms with Gasteiger partial charge in [0.2, 0.25) is 0 Å². The van der Waals surface area contributed by atoms with Crippen LogP contribution in [0.4, 0.5) is 16.2 Å². The Morgan fingerprint density at radius 3 is 2.93 bits per heavy atom. The van der Waals surface area contributed by atoms with Gasteiger partial charge in [0.15, 0.2) is 0 Å². The van der Waals surface area contributed by atoms with Gasteiger partial charge in [0.1, 0.15) is 0 Å². The zero-order chi connectivity index (χ0) is 18.4. The number of pyridine rings is 2. The molecule has 0 saturated heterocycles. The molecular weight excluding hydrogens is 336 g/mol. The lowest BCUT2D eigenvalue weighted by Crippen LogP contribution is -2.39. The quantitative estimate of drug-likeness (QED) is 0.501. The predicted octanol–water partition coefficient (Wildman–Crippen LogP) is 4.77. The molecule has 1 aliphatic heterocycles. The van der Waals surface area contributed by atoms with Crippen LogP contribution in [-0.2, 0) is 6.42 Å². The van der Waals surface area contributed by atoms with Crippen LogP contribution in [0.1, 0.15) is 12.5 Å². The Kier molecular flexibility index (Phi) is 3.53. The monoisotopic (exact) mass is 354 g/mol. The molecule has 2 aromatic carbocycles. The van der Waals surface area contributed by atoms with Crippen molar-refractivity contribution in [2.24, 2.45) is 0 Å². The third kappa shape index (κ3) is 2.51. The fourth-order valence-electron chi connectivity index (χ4n) is 3.95. The number of hydrogen-bond donors (Lipinski definition) is 1. The highest BCUT2D eigenvalue weighted by Gasteiger charge is 2.30. The largest absolute Gasteiger partial charge is 0.326 e. The third-order valence-electron chi connectivity index (χ3n) is 5.18. The lowest BCUT2D eigenvalue weighted by atomic mass is 10.1. The zero-order valence-corrected chi connectivity index (χ0v) is 14.9. The van der Waals surface area contributed by atoms with Crippen LogP contribution < -0.4 is 10.2 Å². The minimum absolute atomic E-state index is 0.119. The summed E-state index contributed by atoms with van der Waals surface area (Å²) in [7, 11) is 0. The second kappa shape index (κ2) is 6.06. The number of carbonyl (C=O) groups is 1. The summed E-state index contributed by atoms with van der Waals surface area (Å²) < 4.78 is 0. The Hall–Kier alpha value is -3.47. The first kappa shape index (κ1) is 15.8. The lowest BCUT2D eigenvalue weighted by molar-refractivity contribution is 0.256. The van der Waals surface area contributed by atoms with Crippen molar-refractivity contribution in [3.8, 4) is 0 Å². The normalized spacial score (nSPS) is 15.9. The maximum absolute atomic E-state index is 13.1. The average molecular weight is 354 g/mol. The van der Waals surface area contributed by atoms with Crippen LogP contribution in [0.3, 0.4) is 0 Å². The van der Waals surface area contributed by atoms with Crippen LogP contribution in [0.2, 0.25) is 0 Å². The van der Waals surface area contributed by atoms with Crippen LogP contribution in [0.25, 0.3) is 21.7 Å². The molecule has 0 fully saturated rings. The summed E-state index contributed by atoms with van der Waals surface area (Å²) in [5, 5.41) is 6.00. The molecule has 0 saturated carbocycles. The summed E-state index contributed by atoms with van der Waals surface area (Å²) in [4.78, 5) is 23.7. The number of nitrogens with one attached hydrogen (secondary N) is 1. The van der Waals surface area contributed by atoms with E-state index in [9.17, 15) is 4.79 Å². The van der Waals surface area contributed by atoms with Gasteiger partial charge in [-0.15, -0.1) is 0 Å². The average Bonchev–Trinajstić information content (AvgIpc) is 3.04. The summed E-state index contributed by atoms with van der Waals surface area (Å²) in [6.07, 6.45) is 6.20. The fraction of sp³-hybridized carbons (Fsp3) is 0.136. The minimum atomic E-state index is -0.119. The molecule has 2 amide bonds. The highest BCUT2D eigenvalue weighted by Crippen LogP contribution is 2.34. The number of nitrogens with zero attached hydrogens (tertiary/aromatic N) is 3. The van der Waals surface area contributed by atoms with Crippen LogP contribution in [0.15, 0.2) is 67.1 Å². The molecule has 0 spiro atoms. The molecule has 0 unspecified atom stereocenters. The zero-order valence-electron chi connectivity index (χ0n) is 14.9. The van der Waals surface area contributed by atoms with E-state index in [2.05, 4.69) is 28.3 Å². The standard InChI is InChI=1S/C22H18N4O/c1-14-11-16-5-2-3-7-20(16)26(14)22(27)25-19-12-15-8-10-23-13-18(15)21-17(19)6-4-9-24-21/h2-10,12-14H,11H2,1H3,(H,25,27)/t14-/m0/s1. The van der Waals surface area contributed by atoms with Crippen molar-refractivity contribution in [1.29, 1.82) is 0 Å². The molecule has 5 nitrogen and oxygen atoms in total. The van der Waals surface area contributed by atoms with Crippen molar-refractivity contribution in [1.82, 2.24) is 9.97 Å². The predicted molar refractivity (Wildman–Crippen MR) is 108 cm³/mol. The first-order valence-corrected chi connectivity index (χ1v) is 9.02. The Bertz CT molecular complexity index is 1190. The molecule has 132 valence electrons. The molecule has 1 atom stereocenters. The molecule has 5 rings (SSSR count). The first-order valence-electron chi connectivity index (χ1n) is 9.02. The van der Waals surface area contributed by atoms with Crippen molar-refractivity contribution in [2.45, 2.75) is 19.4 Å². The van der Waals surface area contributed by atoms with E-state index in [-0.39, 0.29) is 12.1 Å². The maximum Gasteiger partial charge on any atom is 0.326 e. The molecule has 27 heavy (non-hydrogen) atoms. The van der Waals surface area contributed by atoms with Crippen molar-refractivity contribution in [3.05, 3.63) is 72.7 Å². The summed E-state index contributed by atoms with van der Waals surface area (Å²) in [6.45, 7) is 2.07.